The van der Waals surface area contributed by atoms with Crippen molar-refractivity contribution in [3.63, 3.8) is 0 Å². The molecule has 7 heteroatoms. The summed E-state index contributed by atoms with van der Waals surface area (Å²) in [6.45, 7) is 4.18. The largest absolute Gasteiger partial charge is 0.491 e. The van der Waals surface area contributed by atoms with Gasteiger partial charge in [0.25, 0.3) is 0 Å². The summed E-state index contributed by atoms with van der Waals surface area (Å²) in [6.07, 6.45) is 2.55. The molecule has 0 fully saturated rings. The molecule has 3 aromatic rings. The van der Waals surface area contributed by atoms with Crippen LogP contribution in [0.4, 0.5) is 4.39 Å². The number of hydrogen-bond donors (Lipinski definition) is 0. The first-order valence-electron chi connectivity index (χ1n) is 10.3. The Hall–Kier alpha value is -3.35. The Labute approximate surface area is 181 Å². The number of benzene rings is 2. The minimum atomic E-state index is -0.597. The van der Waals surface area contributed by atoms with Crippen LogP contribution in [-0.4, -0.2) is 37.8 Å². The highest BCUT2D eigenvalue weighted by molar-refractivity contribution is 5.61. The predicted octanol–water partition coefficient (Wildman–Crippen LogP) is 5.21. The highest BCUT2D eigenvalue weighted by Gasteiger charge is 2.22. The van der Waals surface area contributed by atoms with E-state index in [0.717, 1.165) is 17.4 Å². The molecule has 1 aromatic heterocycles. The van der Waals surface area contributed by atoms with E-state index in [2.05, 4.69) is 4.98 Å². The van der Waals surface area contributed by atoms with E-state index in [-0.39, 0.29) is 18.9 Å². The fourth-order valence-corrected chi connectivity index (χ4v) is 3.31. The average molecular weight is 427 g/mol. The van der Waals surface area contributed by atoms with Crippen LogP contribution in [0.15, 0.2) is 53.1 Å². The van der Waals surface area contributed by atoms with Gasteiger partial charge in [0.2, 0.25) is 5.89 Å². The van der Waals surface area contributed by atoms with Crippen molar-refractivity contribution in [3.8, 4) is 28.7 Å². The lowest BCUT2D eigenvalue weighted by Gasteiger charge is -2.16. The Morgan fingerprint density at radius 2 is 1.81 bits per heavy atom. The van der Waals surface area contributed by atoms with Crippen molar-refractivity contribution in [2.45, 2.75) is 26.2 Å². The summed E-state index contributed by atoms with van der Waals surface area (Å²) in [5.74, 6) is 1.81. The number of hydrogen-bond acceptors (Lipinski definition) is 6. The number of halogens is 1. The summed E-state index contributed by atoms with van der Waals surface area (Å²) in [6, 6.07) is 12.7. The molecule has 1 heterocycles. The first kappa shape index (κ1) is 22.3. The molecule has 3 rings (SSSR count). The van der Waals surface area contributed by atoms with E-state index in [4.69, 9.17) is 18.6 Å². The van der Waals surface area contributed by atoms with Gasteiger partial charge in [-0.15, -0.1) is 0 Å². The molecule has 0 amide bonds. The number of aromatic nitrogens is 1. The van der Waals surface area contributed by atoms with E-state index in [1.54, 1.807) is 12.1 Å². The van der Waals surface area contributed by atoms with E-state index in [9.17, 15) is 9.18 Å². The van der Waals surface area contributed by atoms with Crippen molar-refractivity contribution >= 4 is 6.29 Å². The topological polar surface area (TPSA) is 70.8 Å². The van der Waals surface area contributed by atoms with Crippen LogP contribution in [0.1, 0.15) is 37.4 Å². The maximum atomic E-state index is 12.6. The first-order chi connectivity index (χ1) is 15.2. The van der Waals surface area contributed by atoms with E-state index in [1.165, 1.54) is 6.26 Å². The normalized spacial score (nSPS) is 11.7. The van der Waals surface area contributed by atoms with Crippen LogP contribution in [-0.2, 0) is 4.79 Å². The number of aldehydes is 1. The van der Waals surface area contributed by atoms with Crippen molar-refractivity contribution in [1.29, 1.82) is 0 Å². The highest BCUT2D eigenvalue weighted by atomic mass is 19.1. The van der Waals surface area contributed by atoms with Crippen molar-refractivity contribution in [1.82, 2.24) is 4.98 Å². The summed E-state index contributed by atoms with van der Waals surface area (Å²) in [4.78, 5) is 16.0. The van der Waals surface area contributed by atoms with Crippen LogP contribution in [0, 0.1) is 0 Å². The molecule has 6 nitrogen and oxygen atoms in total. The molecule has 0 aliphatic heterocycles. The molecular weight excluding hydrogens is 401 g/mol. The quantitative estimate of drug-likeness (QED) is 0.370. The third-order valence-corrected chi connectivity index (χ3v) is 4.63. The van der Waals surface area contributed by atoms with Crippen LogP contribution >= 0.6 is 0 Å². The zero-order chi connectivity index (χ0) is 22.1. The maximum Gasteiger partial charge on any atom is 0.226 e. The minimum absolute atomic E-state index is 0.0543. The molecular formula is C24H26FNO5. The second-order valence-electron chi connectivity index (χ2n) is 6.64. The SMILES string of the molecule is CCOc1ccc(-c2nc(C(CC=O)c3ccccc3OCCF)co2)cc1OCC. The smallest absolute Gasteiger partial charge is 0.226 e. The number of para-hydroxylation sites is 1. The first-order valence-corrected chi connectivity index (χ1v) is 10.3. The molecule has 0 N–H and O–H groups in total. The summed E-state index contributed by atoms with van der Waals surface area (Å²) in [5, 5.41) is 0. The van der Waals surface area contributed by atoms with Crippen LogP contribution in [0.25, 0.3) is 11.5 Å². The molecule has 0 aliphatic carbocycles. The van der Waals surface area contributed by atoms with E-state index >= 15 is 0 Å². The van der Waals surface area contributed by atoms with Crippen molar-refractivity contribution in [2.24, 2.45) is 0 Å². The standard InChI is InChI=1S/C24H26FNO5/c1-3-28-22-10-9-17(15-23(22)29-4-2)24-26-20(16-31-24)18(11-13-27)19-7-5-6-8-21(19)30-14-12-25/h5-10,13,15-16,18H,3-4,11-12,14H2,1-2H3. The lowest BCUT2D eigenvalue weighted by atomic mass is 9.92. The van der Waals surface area contributed by atoms with Crippen molar-refractivity contribution in [3.05, 3.63) is 60.0 Å². The van der Waals surface area contributed by atoms with E-state index in [1.807, 2.05) is 44.2 Å². The Kier molecular flexibility index (Phi) is 8.04. The van der Waals surface area contributed by atoms with Crippen LogP contribution < -0.4 is 14.2 Å². The van der Waals surface area contributed by atoms with E-state index < -0.39 is 6.67 Å². The molecule has 0 saturated carbocycles. The van der Waals surface area contributed by atoms with Crippen LogP contribution in [0.2, 0.25) is 0 Å². The Morgan fingerprint density at radius 1 is 1.03 bits per heavy atom. The molecule has 0 spiro atoms. The number of oxazole rings is 1. The maximum absolute atomic E-state index is 12.6. The van der Waals surface area contributed by atoms with Gasteiger partial charge in [-0.05, 0) is 38.1 Å². The van der Waals surface area contributed by atoms with Gasteiger partial charge in [0.05, 0.1) is 18.9 Å². The molecule has 0 radical (unpaired) electrons. The Bertz CT molecular complexity index is 988. The van der Waals surface area contributed by atoms with Gasteiger partial charge in [-0.3, -0.25) is 0 Å². The zero-order valence-electron chi connectivity index (χ0n) is 17.7. The van der Waals surface area contributed by atoms with Crippen molar-refractivity contribution < 1.29 is 27.8 Å². The second-order valence-corrected chi connectivity index (χ2v) is 6.64. The molecule has 0 aliphatic rings. The predicted molar refractivity (Wildman–Crippen MR) is 115 cm³/mol. The lowest BCUT2D eigenvalue weighted by molar-refractivity contribution is -0.108. The lowest BCUT2D eigenvalue weighted by Crippen LogP contribution is -2.07. The number of ether oxygens (including phenoxy) is 3. The van der Waals surface area contributed by atoms with Crippen molar-refractivity contribution in [2.75, 3.05) is 26.5 Å². The molecule has 31 heavy (non-hydrogen) atoms. The Balaban J connectivity index is 1.94. The van der Waals surface area contributed by atoms with Gasteiger partial charge in [0, 0.05) is 23.5 Å². The number of nitrogens with zero attached hydrogens (tertiary/aromatic N) is 1. The molecule has 1 atom stereocenters. The molecule has 1 unspecified atom stereocenters. The third kappa shape index (κ3) is 5.42. The van der Waals surface area contributed by atoms with Gasteiger partial charge in [0.15, 0.2) is 11.5 Å². The molecule has 2 aromatic carbocycles. The van der Waals surface area contributed by atoms with Gasteiger partial charge < -0.3 is 23.4 Å². The van der Waals surface area contributed by atoms with Gasteiger partial charge in [-0.25, -0.2) is 9.37 Å². The summed E-state index contributed by atoms with van der Waals surface area (Å²) in [5.41, 5.74) is 2.07. The fraction of sp³-hybridized carbons (Fsp3) is 0.333. The Morgan fingerprint density at radius 3 is 2.55 bits per heavy atom. The molecule has 0 saturated heterocycles. The molecule has 0 bridgehead atoms. The summed E-state index contributed by atoms with van der Waals surface area (Å²) >= 11 is 0. The van der Waals surface area contributed by atoms with Gasteiger partial charge >= 0.3 is 0 Å². The minimum Gasteiger partial charge on any atom is -0.491 e. The highest BCUT2D eigenvalue weighted by Crippen LogP contribution is 2.36. The third-order valence-electron chi connectivity index (χ3n) is 4.63. The zero-order valence-corrected chi connectivity index (χ0v) is 17.7. The fourth-order valence-electron chi connectivity index (χ4n) is 3.31. The monoisotopic (exact) mass is 427 g/mol. The summed E-state index contributed by atoms with van der Waals surface area (Å²) < 4.78 is 35.1. The molecule has 164 valence electrons. The number of rotatable bonds is 12. The van der Waals surface area contributed by atoms with Gasteiger partial charge in [0.1, 0.15) is 31.6 Å². The van der Waals surface area contributed by atoms with Gasteiger partial charge in [-0.1, -0.05) is 18.2 Å². The number of carbonyl (C=O) groups is 1. The van der Waals surface area contributed by atoms with E-state index in [0.29, 0.717) is 42.0 Å². The van der Waals surface area contributed by atoms with Crippen LogP contribution in [0.5, 0.6) is 17.2 Å². The average Bonchev–Trinajstić information content (AvgIpc) is 3.28. The number of alkyl halides is 1. The second kappa shape index (κ2) is 11.2. The van der Waals surface area contributed by atoms with Gasteiger partial charge in [-0.2, -0.15) is 0 Å². The summed E-state index contributed by atoms with van der Waals surface area (Å²) in [7, 11) is 0. The van der Waals surface area contributed by atoms with Crippen LogP contribution in [0.3, 0.4) is 0 Å². The number of carbonyl (C=O) groups excluding carboxylic acids is 1.